The summed E-state index contributed by atoms with van der Waals surface area (Å²) < 4.78 is 0. The summed E-state index contributed by atoms with van der Waals surface area (Å²) in [6, 6.07) is 4.38. The first-order valence-corrected chi connectivity index (χ1v) is 4.93. The maximum absolute atomic E-state index is 9.58. The fourth-order valence-electron chi connectivity index (χ4n) is 1.47. The molecule has 0 saturated heterocycles. The molecular weight excluding hydrogens is 194 g/mol. The van der Waals surface area contributed by atoms with Gasteiger partial charge in [0.15, 0.2) is 0 Å². The van der Waals surface area contributed by atoms with Crippen molar-refractivity contribution in [1.29, 1.82) is 0 Å². The maximum Gasteiger partial charge on any atom is 0.124 e. The van der Waals surface area contributed by atoms with E-state index in [1.807, 2.05) is 13.8 Å². The highest BCUT2D eigenvalue weighted by atomic mass is 16.3. The number of aromatic hydroxyl groups is 2. The van der Waals surface area contributed by atoms with Crippen LogP contribution in [0.5, 0.6) is 11.5 Å². The predicted octanol–water partition coefficient (Wildman–Crippen LogP) is 1.13. The summed E-state index contributed by atoms with van der Waals surface area (Å²) in [5.41, 5.74) is 0.702. The Bertz CT molecular complexity index is 328. The summed E-state index contributed by atoms with van der Waals surface area (Å²) in [5, 5.41) is 30.7. The van der Waals surface area contributed by atoms with E-state index in [1.165, 1.54) is 12.1 Å². The number of phenols is 2. The van der Waals surface area contributed by atoms with Crippen LogP contribution >= 0.6 is 0 Å². The van der Waals surface area contributed by atoms with Crippen LogP contribution in [0.15, 0.2) is 18.2 Å². The van der Waals surface area contributed by atoms with Gasteiger partial charge in [0.2, 0.25) is 0 Å². The van der Waals surface area contributed by atoms with Crippen molar-refractivity contribution >= 4 is 0 Å². The molecule has 4 N–H and O–H groups in total. The van der Waals surface area contributed by atoms with Crippen molar-refractivity contribution in [1.82, 2.24) is 5.32 Å². The summed E-state index contributed by atoms with van der Waals surface area (Å²) in [6.45, 7) is 3.79. The van der Waals surface area contributed by atoms with Crippen LogP contribution in [-0.4, -0.2) is 28.0 Å². The zero-order valence-electron chi connectivity index (χ0n) is 8.94. The van der Waals surface area contributed by atoms with Crippen molar-refractivity contribution in [3.63, 3.8) is 0 Å². The van der Waals surface area contributed by atoms with E-state index in [2.05, 4.69) is 5.32 Å². The van der Waals surface area contributed by atoms with Crippen LogP contribution in [0.25, 0.3) is 0 Å². The zero-order chi connectivity index (χ0) is 11.4. The molecule has 15 heavy (non-hydrogen) atoms. The lowest BCUT2D eigenvalue weighted by molar-refractivity contribution is 0.242. The highest BCUT2D eigenvalue weighted by Crippen LogP contribution is 2.27. The van der Waals surface area contributed by atoms with Gasteiger partial charge in [0, 0.05) is 23.7 Å². The number of rotatable bonds is 4. The monoisotopic (exact) mass is 211 g/mol. The third-order valence-corrected chi connectivity index (χ3v) is 2.29. The van der Waals surface area contributed by atoms with Gasteiger partial charge in [0.05, 0.1) is 6.61 Å². The second-order valence-corrected chi connectivity index (χ2v) is 3.72. The Balaban J connectivity index is 2.77. The Labute approximate surface area is 89.2 Å². The number of benzene rings is 1. The Morgan fingerprint density at radius 1 is 1.27 bits per heavy atom. The van der Waals surface area contributed by atoms with E-state index >= 15 is 0 Å². The van der Waals surface area contributed by atoms with Crippen molar-refractivity contribution in [3.8, 4) is 11.5 Å². The van der Waals surface area contributed by atoms with Crippen LogP contribution in [0, 0.1) is 0 Å². The molecule has 1 aromatic carbocycles. The number of hydrogen-bond acceptors (Lipinski definition) is 4. The summed E-state index contributed by atoms with van der Waals surface area (Å²) in [4.78, 5) is 0. The number of phenolic OH excluding ortho intramolecular Hbond substituents is 2. The lowest BCUT2D eigenvalue weighted by Crippen LogP contribution is -2.31. The molecule has 0 aromatic heterocycles. The Morgan fingerprint density at radius 3 is 2.47 bits per heavy atom. The van der Waals surface area contributed by atoms with E-state index in [1.54, 1.807) is 6.07 Å². The molecule has 0 radical (unpaired) electrons. The van der Waals surface area contributed by atoms with Crippen LogP contribution in [0.2, 0.25) is 0 Å². The van der Waals surface area contributed by atoms with Crippen LogP contribution in [-0.2, 0) is 0 Å². The number of nitrogens with one attached hydrogen (secondary N) is 1. The molecule has 0 fully saturated rings. The lowest BCUT2D eigenvalue weighted by atomic mass is 10.1. The van der Waals surface area contributed by atoms with E-state index < -0.39 is 0 Å². The molecule has 0 aliphatic rings. The highest BCUT2D eigenvalue weighted by molar-refractivity contribution is 5.40. The minimum absolute atomic E-state index is 0.0341. The molecule has 0 saturated carbocycles. The molecule has 2 atom stereocenters. The maximum atomic E-state index is 9.58. The topological polar surface area (TPSA) is 72.7 Å². The largest absolute Gasteiger partial charge is 0.508 e. The van der Waals surface area contributed by atoms with Gasteiger partial charge in [0.25, 0.3) is 0 Å². The van der Waals surface area contributed by atoms with Gasteiger partial charge in [0.1, 0.15) is 11.5 Å². The summed E-state index contributed by atoms with van der Waals surface area (Å²) in [7, 11) is 0. The van der Waals surface area contributed by atoms with Gasteiger partial charge in [-0.05, 0) is 19.9 Å². The van der Waals surface area contributed by atoms with Gasteiger partial charge in [-0.15, -0.1) is 0 Å². The van der Waals surface area contributed by atoms with E-state index in [-0.39, 0.29) is 30.2 Å². The minimum atomic E-state index is -0.0762. The first kappa shape index (κ1) is 11.8. The van der Waals surface area contributed by atoms with E-state index in [0.717, 1.165) is 0 Å². The van der Waals surface area contributed by atoms with Crippen molar-refractivity contribution < 1.29 is 15.3 Å². The van der Waals surface area contributed by atoms with Gasteiger partial charge >= 0.3 is 0 Å². The Morgan fingerprint density at radius 2 is 1.93 bits per heavy atom. The molecule has 0 aliphatic carbocycles. The normalized spacial score (nSPS) is 14.9. The molecule has 0 aliphatic heterocycles. The highest BCUT2D eigenvalue weighted by Gasteiger charge is 2.12. The molecule has 0 heterocycles. The lowest BCUT2D eigenvalue weighted by Gasteiger charge is -2.19. The number of hydrogen-bond donors (Lipinski definition) is 4. The summed E-state index contributed by atoms with van der Waals surface area (Å²) in [5.74, 6) is 0.0961. The minimum Gasteiger partial charge on any atom is -0.508 e. The van der Waals surface area contributed by atoms with E-state index in [9.17, 15) is 5.11 Å². The average molecular weight is 211 g/mol. The standard InChI is InChI=1S/C11H17NO3/c1-7(6-13)12-8(2)10-4-3-9(14)5-11(10)15/h3-5,7-8,12-15H,6H2,1-2H3. The molecule has 0 bridgehead atoms. The van der Waals surface area contributed by atoms with Crippen LogP contribution in [0.3, 0.4) is 0 Å². The van der Waals surface area contributed by atoms with Gasteiger partial charge < -0.3 is 20.6 Å². The molecule has 4 heteroatoms. The van der Waals surface area contributed by atoms with Crippen molar-refractivity contribution in [3.05, 3.63) is 23.8 Å². The third-order valence-electron chi connectivity index (χ3n) is 2.29. The van der Waals surface area contributed by atoms with E-state index in [0.29, 0.717) is 5.56 Å². The molecule has 0 amide bonds. The van der Waals surface area contributed by atoms with Crippen molar-refractivity contribution in [2.24, 2.45) is 0 Å². The fourth-order valence-corrected chi connectivity index (χ4v) is 1.47. The molecule has 4 nitrogen and oxygen atoms in total. The second-order valence-electron chi connectivity index (χ2n) is 3.72. The second kappa shape index (κ2) is 5.00. The average Bonchev–Trinajstić information content (AvgIpc) is 2.17. The Kier molecular flexibility index (Phi) is 3.94. The first-order valence-electron chi connectivity index (χ1n) is 4.93. The quantitative estimate of drug-likeness (QED) is 0.602. The molecular formula is C11H17NO3. The molecule has 1 rings (SSSR count). The zero-order valence-corrected chi connectivity index (χ0v) is 8.94. The van der Waals surface area contributed by atoms with Gasteiger partial charge in [-0.25, -0.2) is 0 Å². The predicted molar refractivity (Wildman–Crippen MR) is 57.9 cm³/mol. The van der Waals surface area contributed by atoms with Crippen LogP contribution in [0.4, 0.5) is 0 Å². The fraction of sp³-hybridized carbons (Fsp3) is 0.455. The smallest absolute Gasteiger partial charge is 0.124 e. The molecule has 1 aromatic rings. The van der Waals surface area contributed by atoms with Gasteiger partial charge in [-0.1, -0.05) is 6.07 Å². The number of aliphatic hydroxyl groups excluding tert-OH is 1. The van der Waals surface area contributed by atoms with E-state index in [4.69, 9.17) is 10.2 Å². The number of aliphatic hydroxyl groups is 1. The first-order chi connectivity index (χ1) is 7.04. The SMILES string of the molecule is CC(CO)NC(C)c1ccc(O)cc1O. The molecule has 0 spiro atoms. The third kappa shape index (κ3) is 3.11. The Hall–Kier alpha value is -1.26. The van der Waals surface area contributed by atoms with Crippen LogP contribution < -0.4 is 5.32 Å². The van der Waals surface area contributed by atoms with Gasteiger partial charge in [-0.3, -0.25) is 0 Å². The van der Waals surface area contributed by atoms with Gasteiger partial charge in [-0.2, -0.15) is 0 Å². The van der Waals surface area contributed by atoms with Crippen LogP contribution in [0.1, 0.15) is 25.5 Å². The molecule has 2 unspecified atom stereocenters. The van der Waals surface area contributed by atoms with Crippen molar-refractivity contribution in [2.45, 2.75) is 25.9 Å². The summed E-state index contributed by atoms with van der Waals surface area (Å²) in [6.07, 6.45) is 0. The summed E-state index contributed by atoms with van der Waals surface area (Å²) >= 11 is 0. The van der Waals surface area contributed by atoms with Crippen molar-refractivity contribution in [2.75, 3.05) is 6.61 Å². The molecule has 84 valence electrons.